The van der Waals surface area contributed by atoms with Crippen LogP contribution in [0.15, 0.2) is 18.2 Å². The first-order chi connectivity index (χ1) is 10.1. The summed E-state index contributed by atoms with van der Waals surface area (Å²) in [5.74, 6) is 0. The van der Waals surface area contributed by atoms with Crippen LogP contribution < -0.4 is 10.2 Å². The lowest BCUT2D eigenvalue weighted by Crippen LogP contribution is -2.37. The van der Waals surface area contributed by atoms with Gasteiger partial charge in [-0.25, -0.2) is 0 Å². The van der Waals surface area contributed by atoms with Gasteiger partial charge in [0.05, 0.1) is 6.10 Å². The van der Waals surface area contributed by atoms with Crippen LogP contribution in [0.1, 0.15) is 44.7 Å². The first-order valence-corrected chi connectivity index (χ1v) is 8.29. The highest BCUT2D eigenvalue weighted by molar-refractivity contribution is 5.54. The van der Waals surface area contributed by atoms with E-state index in [9.17, 15) is 0 Å². The number of hydrogen-bond donors (Lipinski definition) is 1. The summed E-state index contributed by atoms with van der Waals surface area (Å²) in [7, 11) is 0. The van der Waals surface area contributed by atoms with Crippen molar-refractivity contribution in [1.29, 1.82) is 0 Å². The Morgan fingerprint density at radius 2 is 2.00 bits per heavy atom. The number of anilines is 1. The van der Waals surface area contributed by atoms with Crippen molar-refractivity contribution in [2.24, 2.45) is 0 Å². The maximum Gasteiger partial charge on any atom is 0.0608 e. The lowest BCUT2D eigenvalue weighted by molar-refractivity contribution is 0.0459. The molecule has 1 aromatic rings. The molecule has 3 nitrogen and oxygen atoms in total. The summed E-state index contributed by atoms with van der Waals surface area (Å²) in [5, 5.41) is 3.48. The molecule has 1 aromatic carbocycles. The molecular formula is C18H30N2O. The van der Waals surface area contributed by atoms with Crippen LogP contribution in [0, 0.1) is 6.92 Å². The fraction of sp³-hybridized carbons (Fsp3) is 0.667. The van der Waals surface area contributed by atoms with E-state index < -0.39 is 0 Å². The van der Waals surface area contributed by atoms with Gasteiger partial charge < -0.3 is 15.0 Å². The quantitative estimate of drug-likeness (QED) is 0.868. The number of aryl methyl sites for hydroxylation is 1. The second-order valence-electron chi connectivity index (χ2n) is 6.30. The Morgan fingerprint density at radius 1 is 1.29 bits per heavy atom. The highest BCUT2D eigenvalue weighted by atomic mass is 16.5. The average molecular weight is 290 g/mol. The molecule has 1 fully saturated rings. The Bertz CT molecular complexity index is 437. The number of rotatable bonds is 6. The third-order valence-electron chi connectivity index (χ3n) is 4.16. The zero-order chi connectivity index (χ0) is 15.2. The molecule has 0 aliphatic carbocycles. The molecule has 1 heterocycles. The van der Waals surface area contributed by atoms with Crippen LogP contribution in [0.5, 0.6) is 0 Å². The highest BCUT2D eigenvalue weighted by Gasteiger charge is 2.20. The molecule has 3 heteroatoms. The fourth-order valence-corrected chi connectivity index (χ4v) is 3.00. The van der Waals surface area contributed by atoms with E-state index in [0.29, 0.717) is 12.1 Å². The van der Waals surface area contributed by atoms with Gasteiger partial charge in [-0.3, -0.25) is 0 Å². The number of piperidine rings is 1. The highest BCUT2D eigenvalue weighted by Crippen LogP contribution is 2.25. The molecule has 0 amide bonds. The number of nitrogens with one attached hydrogen (secondary N) is 1. The smallest absolute Gasteiger partial charge is 0.0608 e. The van der Waals surface area contributed by atoms with Crippen LogP contribution in [-0.4, -0.2) is 31.8 Å². The fourth-order valence-electron chi connectivity index (χ4n) is 3.00. The molecule has 0 unspecified atom stereocenters. The minimum atomic E-state index is 0.459. The van der Waals surface area contributed by atoms with Crippen molar-refractivity contribution in [3.8, 4) is 0 Å². The summed E-state index contributed by atoms with van der Waals surface area (Å²) in [6.07, 6.45) is 2.74. The van der Waals surface area contributed by atoms with Gasteiger partial charge in [0.25, 0.3) is 0 Å². The molecule has 0 spiro atoms. The van der Waals surface area contributed by atoms with Gasteiger partial charge >= 0.3 is 0 Å². The first kappa shape index (κ1) is 16.3. The molecule has 0 aromatic heterocycles. The zero-order valence-corrected chi connectivity index (χ0v) is 14.0. The number of hydrogen-bond acceptors (Lipinski definition) is 3. The number of nitrogens with zero attached hydrogens (tertiary/aromatic N) is 1. The molecule has 0 radical (unpaired) electrons. The van der Waals surface area contributed by atoms with E-state index in [2.05, 4.69) is 56.1 Å². The van der Waals surface area contributed by atoms with Gasteiger partial charge in [-0.2, -0.15) is 0 Å². The van der Waals surface area contributed by atoms with E-state index in [-0.39, 0.29) is 0 Å². The molecule has 1 saturated heterocycles. The average Bonchev–Trinajstić information content (AvgIpc) is 2.47. The van der Waals surface area contributed by atoms with Crippen molar-refractivity contribution in [3.05, 3.63) is 29.3 Å². The zero-order valence-electron chi connectivity index (χ0n) is 14.0. The van der Waals surface area contributed by atoms with Crippen LogP contribution >= 0.6 is 0 Å². The maximum atomic E-state index is 5.74. The SMILES string of the molecule is CCOC1CCN(c2ccc(CNC(C)C)cc2C)CC1. The summed E-state index contributed by atoms with van der Waals surface area (Å²) in [4.78, 5) is 2.50. The topological polar surface area (TPSA) is 24.5 Å². The lowest BCUT2D eigenvalue weighted by Gasteiger charge is -2.34. The molecule has 21 heavy (non-hydrogen) atoms. The minimum Gasteiger partial charge on any atom is -0.378 e. The summed E-state index contributed by atoms with van der Waals surface area (Å²) < 4.78 is 5.74. The molecule has 0 saturated carbocycles. The Morgan fingerprint density at radius 3 is 2.57 bits per heavy atom. The Hall–Kier alpha value is -1.06. The van der Waals surface area contributed by atoms with Crippen molar-refractivity contribution >= 4 is 5.69 Å². The molecule has 0 bridgehead atoms. The van der Waals surface area contributed by atoms with Gasteiger partial charge in [-0.15, -0.1) is 0 Å². The van der Waals surface area contributed by atoms with Gasteiger partial charge in [0, 0.05) is 38.0 Å². The van der Waals surface area contributed by atoms with E-state index >= 15 is 0 Å². The standard InChI is InChI=1S/C18H30N2O/c1-5-21-17-8-10-20(11-9-17)18-7-6-16(12-15(18)4)13-19-14(2)3/h6-7,12,14,17,19H,5,8-11,13H2,1-4H3. The first-order valence-electron chi connectivity index (χ1n) is 8.29. The summed E-state index contributed by atoms with van der Waals surface area (Å²) >= 11 is 0. The summed E-state index contributed by atoms with van der Waals surface area (Å²) in [6, 6.07) is 7.39. The van der Waals surface area contributed by atoms with Crippen LogP contribution in [0.4, 0.5) is 5.69 Å². The normalized spacial score (nSPS) is 16.7. The Labute approximate surface area is 129 Å². The van der Waals surface area contributed by atoms with Gasteiger partial charge in [-0.05, 0) is 43.9 Å². The predicted octanol–water partition coefficient (Wildman–Crippen LogP) is 3.50. The molecule has 118 valence electrons. The van der Waals surface area contributed by atoms with Gasteiger partial charge in [0.15, 0.2) is 0 Å². The third kappa shape index (κ3) is 4.72. The van der Waals surface area contributed by atoms with Gasteiger partial charge in [0.2, 0.25) is 0 Å². The minimum absolute atomic E-state index is 0.459. The number of ether oxygens (including phenoxy) is 1. The molecule has 0 atom stereocenters. The largest absolute Gasteiger partial charge is 0.378 e. The van der Waals surface area contributed by atoms with Crippen molar-refractivity contribution < 1.29 is 4.74 Å². The van der Waals surface area contributed by atoms with E-state index in [1.807, 2.05) is 0 Å². The molecule has 1 aliphatic heterocycles. The van der Waals surface area contributed by atoms with Crippen molar-refractivity contribution in [3.63, 3.8) is 0 Å². The van der Waals surface area contributed by atoms with E-state index in [1.54, 1.807) is 0 Å². The number of benzene rings is 1. The van der Waals surface area contributed by atoms with E-state index in [4.69, 9.17) is 4.74 Å². The van der Waals surface area contributed by atoms with Crippen molar-refractivity contribution in [1.82, 2.24) is 5.32 Å². The molecule has 2 rings (SSSR count). The summed E-state index contributed by atoms with van der Waals surface area (Å²) in [6.45, 7) is 12.7. The third-order valence-corrected chi connectivity index (χ3v) is 4.16. The monoisotopic (exact) mass is 290 g/mol. The van der Waals surface area contributed by atoms with Crippen molar-refractivity contribution in [2.45, 2.75) is 59.2 Å². The predicted molar refractivity (Wildman–Crippen MR) is 90.0 cm³/mol. The Balaban J connectivity index is 1.95. The second-order valence-corrected chi connectivity index (χ2v) is 6.30. The van der Waals surface area contributed by atoms with Crippen LogP contribution in [-0.2, 0) is 11.3 Å². The van der Waals surface area contributed by atoms with Gasteiger partial charge in [-0.1, -0.05) is 26.0 Å². The van der Waals surface area contributed by atoms with Crippen LogP contribution in [0.25, 0.3) is 0 Å². The van der Waals surface area contributed by atoms with Crippen LogP contribution in [0.2, 0.25) is 0 Å². The van der Waals surface area contributed by atoms with Crippen LogP contribution in [0.3, 0.4) is 0 Å². The molecule has 1 aliphatic rings. The lowest BCUT2D eigenvalue weighted by atomic mass is 10.0. The molecular weight excluding hydrogens is 260 g/mol. The molecule has 1 N–H and O–H groups in total. The Kier molecular flexibility index (Phi) is 6.07. The van der Waals surface area contributed by atoms with E-state index in [0.717, 1.165) is 39.1 Å². The second kappa shape index (κ2) is 7.81. The van der Waals surface area contributed by atoms with Crippen molar-refractivity contribution in [2.75, 3.05) is 24.6 Å². The maximum absolute atomic E-state index is 5.74. The van der Waals surface area contributed by atoms with E-state index in [1.165, 1.54) is 16.8 Å². The summed E-state index contributed by atoms with van der Waals surface area (Å²) in [5.41, 5.74) is 4.14. The van der Waals surface area contributed by atoms with Gasteiger partial charge in [0.1, 0.15) is 0 Å².